The predicted molar refractivity (Wildman–Crippen MR) is 74.5 cm³/mol. The number of nitrogens with one attached hydrogen (secondary N) is 2. The third kappa shape index (κ3) is 2.76. The molecule has 1 aliphatic rings. The second kappa shape index (κ2) is 5.30. The summed E-state index contributed by atoms with van der Waals surface area (Å²) in [6.45, 7) is 2.55. The van der Waals surface area contributed by atoms with Gasteiger partial charge < -0.3 is 16.4 Å². The van der Waals surface area contributed by atoms with Crippen molar-refractivity contribution in [2.75, 3.05) is 11.9 Å². The fraction of sp³-hybridized carbons (Fsp3) is 0.417. The molecule has 0 saturated carbocycles. The molecule has 1 unspecified atom stereocenters. The van der Waals surface area contributed by atoms with E-state index in [4.69, 9.17) is 18.0 Å². The third-order valence-electron chi connectivity index (χ3n) is 3.01. The van der Waals surface area contributed by atoms with Crippen LogP contribution in [0.1, 0.15) is 24.0 Å². The first-order chi connectivity index (χ1) is 8.58. The van der Waals surface area contributed by atoms with E-state index in [1.165, 1.54) is 0 Å². The van der Waals surface area contributed by atoms with Crippen LogP contribution < -0.4 is 16.4 Å². The van der Waals surface area contributed by atoms with Gasteiger partial charge in [0.15, 0.2) is 0 Å². The molecule has 0 bridgehead atoms. The number of aromatic nitrogens is 1. The van der Waals surface area contributed by atoms with Gasteiger partial charge in [0.25, 0.3) is 0 Å². The van der Waals surface area contributed by atoms with E-state index < -0.39 is 0 Å². The van der Waals surface area contributed by atoms with E-state index in [9.17, 15) is 4.79 Å². The van der Waals surface area contributed by atoms with Gasteiger partial charge in [-0.05, 0) is 25.0 Å². The molecule has 2 rings (SSSR count). The summed E-state index contributed by atoms with van der Waals surface area (Å²) in [7, 11) is 0. The Labute approximate surface area is 111 Å². The van der Waals surface area contributed by atoms with Crippen LogP contribution in [-0.4, -0.2) is 28.5 Å². The van der Waals surface area contributed by atoms with Crippen LogP contribution in [0.4, 0.5) is 5.82 Å². The van der Waals surface area contributed by atoms with Gasteiger partial charge in [-0.25, -0.2) is 4.98 Å². The number of hydrogen-bond acceptors (Lipinski definition) is 4. The van der Waals surface area contributed by atoms with E-state index in [1.807, 2.05) is 13.0 Å². The number of nitrogens with zero attached hydrogens (tertiary/aromatic N) is 1. The molecule has 6 heteroatoms. The SMILES string of the molecule is Cc1ccnc(NC2CCC(=O)NC2)c1C(N)=S. The number of piperidine rings is 1. The van der Waals surface area contributed by atoms with E-state index in [1.54, 1.807) is 6.20 Å². The van der Waals surface area contributed by atoms with Crippen molar-refractivity contribution in [2.45, 2.75) is 25.8 Å². The van der Waals surface area contributed by atoms with Gasteiger partial charge in [-0.1, -0.05) is 12.2 Å². The first-order valence-electron chi connectivity index (χ1n) is 5.86. The van der Waals surface area contributed by atoms with Crippen molar-refractivity contribution >= 4 is 28.9 Å². The second-order valence-corrected chi connectivity index (χ2v) is 4.84. The minimum absolute atomic E-state index is 0.0971. The first kappa shape index (κ1) is 12.8. The topological polar surface area (TPSA) is 80.0 Å². The Kier molecular flexibility index (Phi) is 3.76. The number of carbonyl (C=O) groups excluding carboxylic acids is 1. The highest BCUT2D eigenvalue weighted by Crippen LogP contribution is 2.19. The van der Waals surface area contributed by atoms with Crippen LogP contribution in [0.5, 0.6) is 0 Å². The number of amides is 1. The molecule has 5 nitrogen and oxygen atoms in total. The Morgan fingerprint density at radius 2 is 2.44 bits per heavy atom. The third-order valence-corrected chi connectivity index (χ3v) is 3.22. The van der Waals surface area contributed by atoms with Crippen molar-refractivity contribution in [1.29, 1.82) is 0 Å². The van der Waals surface area contributed by atoms with Crippen LogP contribution in [0.15, 0.2) is 12.3 Å². The molecule has 18 heavy (non-hydrogen) atoms. The van der Waals surface area contributed by atoms with Crippen LogP contribution in [0.3, 0.4) is 0 Å². The van der Waals surface area contributed by atoms with Crippen molar-refractivity contribution in [2.24, 2.45) is 5.73 Å². The number of rotatable bonds is 3. The maximum absolute atomic E-state index is 11.1. The summed E-state index contributed by atoms with van der Waals surface area (Å²) in [5.41, 5.74) is 7.51. The molecule has 4 N–H and O–H groups in total. The van der Waals surface area contributed by atoms with Crippen LogP contribution >= 0.6 is 12.2 Å². The lowest BCUT2D eigenvalue weighted by atomic mass is 10.1. The Balaban J connectivity index is 2.16. The van der Waals surface area contributed by atoms with Gasteiger partial charge >= 0.3 is 0 Å². The minimum atomic E-state index is 0.0971. The maximum Gasteiger partial charge on any atom is 0.220 e. The molecule has 96 valence electrons. The Hall–Kier alpha value is -1.69. The lowest BCUT2D eigenvalue weighted by Gasteiger charge is -2.25. The summed E-state index contributed by atoms with van der Waals surface area (Å²) in [5, 5.41) is 6.12. The standard InChI is InChI=1S/C12H16N4OS/c1-7-4-5-14-12(10(7)11(13)18)16-8-2-3-9(17)15-6-8/h4-5,8H,2-3,6H2,1H3,(H2,13,18)(H,14,16)(H,15,17). The molecule has 1 aromatic rings. The van der Waals surface area contributed by atoms with Crippen molar-refractivity contribution < 1.29 is 4.79 Å². The largest absolute Gasteiger partial charge is 0.389 e. The Bertz CT molecular complexity index is 479. The molecule has 1 amide bonds. The number of anilines is 1. The van der Waals surface area contributed by atoms with Gasteiger partial charge in [0.1, 0.15) is 10.8 Å². The predicted octanol–water partition coefficient (Wildman–Crippen LogP) is 0.715. The van der Waals surface area contributed by atoms with Crippen molar-refractivity contribution in [3.05, 3.63) is 23.4 Å². The molecule has 1 saturated heterocycles. The van der Waals surface area contributed by atoms with Gasteiger partial charge in [0, 0.05) is 25.2 Å². The highest BCUT2D eigenvalue weighted by Gasteiger charge is 2.20. The molecule has 1 fully saturated rings. The summed E-state index contributed by atoms with van der Waals surface area (Å²) in [6.07, 6.45) is 3.05. The fourth-order valence-corrected chi connectivity index (χ4v) is 2.29. The molecule has 0 aromatic carbocycles. The van der Waals surface area contributed by atoms with Crippen molar-refractivity contribution in [3.63, 3.8) is 0 Å². The van der Waals surface area contributed by atoms with Crippen molar-refractivity contribution in [1.82, 2.24) is 10.3 Å². The lowest BCUT2D eigenvalue weighted by molar-refractivity contribution is -0.122. The summed E-state index contributed by atoms with van der Waals surface area (Å²) >= 11 is 5.05. The van der Waals surface area contributed by atoms with E-state index in [2.05, 4.69) is 15.6 Å². The molecular weight excluding hydrogens is 248 g/mol. The molecule has 1 atom stereocenters. The van der Waals surface area contributed by atoms with Crippen LogP contribution in [0.2, 0.25) is 0 Å². The molecule has 0 radical (unpaired) electrons. The van der Waals surface area contributed by atoms with E-state index in [-0.39, 0.29) is 11.9 Å². The second-order valence-electron chi connectivity index (χ2n) is 4.40. The van der Waals surface area contributed by atoms with E-state index >= 15 is 0 Å². The van der Waals surface area contributed by atoms with Crippen LogP contribution in [0.25, 0.3) is 0 Å². The monoisotopic (exact) mass is 264 g/mol. The first-order valence-corrected chi connectivity index (χ1v) is 6.27. The zero-order valence-corrected chi connectivity index (χ0v) is 11.0. The van der Waals surface area contributed by atoms with Gasteiger partial charge in [-0.15, -0.1) is 0 Å². The zero-order chi connectivity index (χ0) is 13.1. The number of nitrogens with two attached hydrogens (primary N) is 1. The van der Waals surface area contributed by atoms with Gasteiger partial charge in [-0.3, -0.25) is 4.79 Å². The summed E-state index contributed by atoms with van der Waals surface area (Å²) in [6, 6.07) is 2.05. The van der Waals surface area contributed by atoms with E-state index in [0.717, 1.165) is 17.5 Å². The average Bonchev–Trinajstić information content (AvgIpc) is 2.32. The highest BCUT2D eigenvalue weighted by molar-refractivity contribution is 7.80. The average molecular weight is 264 g/mol. The summed E-state index contributed by atoms with van der Waals surface area (Å²) in [4.78, 5) is 15.7. The lowest BCUT2D eigenvalue weighted by Crippen LogP contribution is -2.42. The highest BCUT2D eigenvalue weighted by atomic mass is 32.1. The summed E-state index contributed by atoms with van der Waals surface area (Å²) < 4.78 is 0. The van der Waals surface area contributed by atoms with Crippen molar-refractivity contribution in [3.8, 4) is 0 Å². The Morgan fingerprint density at radius 1 is 1.67 bits per heavy atom. The van der Waals surface area contributed by atoms with E-state index in [0.29, 0.717) is 23.8 Å². The summed E-state index contributed by atoms with van der Waals surface area (Å²) in [5.74, 6) is 0.795. The number of aryl methyl sites for hydroxylation is 1. The molecule has 2 heterocycles. The Morgan fingerprint density at radius 3 is 3.06 bits per heavy atom. The molecule has 0 spiro atoms. The molecule has 1 aromatic heterocycles. The number of pyridine rings is 1. The van der Waals surface area contributed by atoms with Gasteiger partial charge in [0.05, 0.1) is 5.56 Å². The molecular formula is C12H16N4OS. The maximum atomic E-state index is 11.1. The van der Waals surface area contributed by atoms with Crippen LogP contribution in [-0.2, 0) is 4.79 Å². The minimum Gasteiger partial charge on any atom is -0.389 e. The van der Waals surface area contributed by atoms with Crippen LogP contribution in [0, 0.1) is 6.92 Å². The zero-order valence-electron chi connectivity index (χ0n) is 10.2. The number of carbonyl (C=O) groups is 1. The van der Waals surface area contributed by atoms with Gasteiger partial charge in [-0.2, -0.15) is 0 Å². The normalized spacial score (nSPS) is 19.2. The number of hydrogen-bond donors (Lipinski definition) is 3. The van der Waals surface area contributed by atoms with Gasteiger partial charge in [0.2, 0.25) is 5.91 Å². The molecule has 1 aliphatic heterocycles. The quantitative estimate of drug-likeness (QED) is 0.701. The smallest absolute Gasteiger partial charge is 0.220 e. The fourth-order valence-electron chi connectivity index (χ4n) is 2.03. The number of thiocarbonyl (C=S) groups is 1. The molecule has 0 aliphatic carbocycles.